The van der Waals surface area contributed by atoms with Gasteiger partial charge in [-0.3, -0.25) is 4.79 Å². The highest BCUT2D eigenvalue weighted by atomic mass is 31.2. The molecule has 252 valence electrons. The number of hydrogen-bond acceptors (Lipinski definition) is 3. The second-order valence-corrected chi connectivity index (χ2v) is 16.6. The molecule has 0 aliphatic carbocycles. The van der Waals surface area contributed by atoms with E-state index in [0.717, 1.165) is 31.8 Å². The van der Waals surface area contributed by atoms with Gasteiger partial charge in [0.1, 0.15) is 23.2 Å². The van der Waals surface area contributed by atoms with Gasteiger partial charge in [-0.25, -0.2) is 4.98 Å². The second kappa shape index (κ2) is 21.6. The molecule has 4 rings (SSSR count). The van der Waals surface area contributed by atoms with Crippen LogP contribution in [0.5, 0.6) is 0 Å². The maximum Gasteiger partial charge on any atom is 0.305 e. The molecule has 0 fully saturated rings. The van der Waals surface area contributed by atoms with Crippen molar-refractivity contribution in [3.8, 4) is 0 Å². The molecular weight excluding hydrogens is 595 g/mol. The van der Waals surface area contributed by atoms with Crippen molar-refractivity contribution < 1.29 is 9.53 Å². The van der Waals surface area contributed by atoms with Crippen LogP contribution >= 0.6 is 7.26 Å². The van der Waals surface area contributed by atoms with Crippen molar-refractivity contribution >= 4 is 29.1 Å². The number of imidazole rings is 1. The molecule has 5 heteroatoms. The molecule has 0 aliphatic heterocycles. The molecule has 47 heavy (non-hydrogen) atoms. The van der Waals surface area contributed by atoms with E-state index in [9.17, 15) is 4.79 Å². The van der Waals surface area contributed by atoms with E-state index in [1.54, 1.807) is 0 Å². The zero-order valence-electron chi connectivity index (χ0n) is 28.9. The Hall–Kier alpha value is -3.23. The topological polar surface area (TPSA) is 44.1 Å². The van der Waals surface area contributed by atoms with Gasteiger partial charge in [0.25, 0.3) is 0 Å². The summed E-state index contributed by atoms with van der Waals surface area (Å²) in [6.07, 6.45) is 26.0. The normalized spacial score (nSPS) is 12.2. The van der Waals surface area contributed by atoms with Gasteiger partial charge in [0.15, 0.2) is 0 Å². The molecule has 0 saturated carbocycles. The molecule has 0 amide bonds. The first kappa shape index (κ1) is 36.6. The number of rotatable bonds is 24. The van der Waals surface area contributed by atoms with Crippen LogP contribution in [0.15, 0.2) is 110 Å². The second-order valence-electron chi connectivity index (χ2n) is 13.0. The Morgan fingerprint density at radius 3 is 1.64 bits per heavy atom. The van der Waals surface area contributed by atoms with Crippen LogP contribution in [0.4, 0.5) is 0 Å². The number of aromatic nitrogens is 2. The van der Waals surface area contributed by atoms with Crippen molar-refractivity contribution in [1.29, 1.82) is 0 Å². The van der Waals surface area contributed by atoms with Gasteiger partial charge in [0.2, 0.25) is 0 Å². The van der Waals surface area contributed by atoms with E-state index < -0.39 is 7.26 Å². The predicted molar refractivity (Wildman–Crippen MR) is 202 cm³/mol. The van der Waals surface area contributed by atoms with Crippen LogP contribution in [0.1, 0.15) is 116 Å². The summed E-state index contributed by atoms with van der Waals surface area (Å²) in [4.78, 5) is 17.1. The lowest BCUT2D eigenvalue weighted by molar-refractivity contribution is -0.143. The van der Waals surface area contributed by atoms with Crippen LogP contribution in [0.3, 0.4) is 0 Å². The number of nitrogens with zero attached hydrogens (tertiary/aromatic N) is 2. The number of benzene rings is 3. The number of carbonyl (C=O) groups excluding carboxylic acids is 1. The molecule has 0 spiro atoms. The summed E-state index contributed by atoms with van der Waals surface area (Å²) in [6, 6.07) is 33.2. The standard InChI is InChI=1S/C42H58N2O2P/c1-2-3-4-5-6-7-8-9-10-14-24-38(44-34-33-43-37-44)25-21-22-32-42(45)46-35-23-36-47(39-26-15-11-16-27-39,40-28-17-12-18-29-40)41-30-19-13-20-31-41/h11-13,15-20,26-31,33-34,37-38H,2-10,14,21-25,32,35-36H2,1H3/q+1. The highest BCUT2D eigenvalue weighted by Crippen LogP contribution is 2.55. The Morgan fingerprint density at radius 1 is 0.660 bits per heavy atom. The van der Waals surface area contributed by atoms with Gasteiger partial charge in [-0.2, -0.15) is 0 Å². The molecule has 1 unspecified atom stereocenters. The fourth-order valence-electron chi connectivity index (χ4n) is 6.89. The van der Waals surface area contributed by atoms with E-state index in [0.29, 0.717) is 19.1 Å². The Bertz CT molecular complexity index is 1250. The molecule has 4 nitrogen and oxygen atoms in total. The number of ether oxygens (including phenoxy) is 1. The molecule has 0 saturated heterocycles. The van der Waals surface area contributed by atoms with Gasteiger partial charge >= 0.3 is 5.97 Å². The first-order valence-corrected chi connectivity index (χ1v) is 20.4. The molecule has 4 aromatic rings. The fraction of sp³-hybridized carbons (Fsp3) is 0.476. The van der Waals surface area contributed by atoms with E-state index in [1.165, 1.54) is 86.5 Å². The van der Waals surface area contributed by atoms with Crippen LogP contribution in [0.2, 0.25) is 0 Å². The molecule has 3 aromatic carbocycles. The lowest BCUT2D eigenvalue weighted by Gasteiger charge is -2.27. The molecule has 0 aliphatic rings. The highest BCUT2D eigenvalue weighted by molar-refractivity contribution is 7.95. The fourth-order valence-corrected chi connectivity index (χ4v) is 11.2. The van der Waals surface area contributed by atoms with Crippen molar-refractivity contribution in [3.05, 3.63) is 110 Å². The zero-order valence-corrected chi connectivity index (χ0v) is 29.8. The summed E-state index contributed by atoms with van der Waals surface area (Å²) < 4.78 is 8.10. The van der Waals surface area contributed by atoms with E-state index in [1.807, 2.05) is 12.5 Å². The summed E-state index contributed by atoms with van der Waals surface area (Å²) in [6.45, 7) is 2.74. The van der Waals surface area contributed by atoms with Crippen molar-refractivity contribution in [2.24, 2.45) is 0 Å². The van der Waals surface area contributed by atoms with Crippen LogP contribution in [-0.4, -0.2) is 28.3 Å². The van der Waals surface area contributed by atoms with Crippen LogP contribution in [0.25, 0.3) is 0 Å². The van der Waals surface area contributed by atoms with Crippen molar-refractivity contribution in [3.63, 3.8) is 0 Å². The third-order valence-corrected chi connectivity index (χ3v) is 14.0. The van der Waals surface area contributed by atoms with Gasteiger partial charge in [-0.1, -0.05) is 132 Å². The van der Waals surface area contributed by atoms with Gasteiger partial charge < -0.3 is 9.30 Å². The van der Waals surface area contributed by atoms with Gasteiger partial charge in [0, 0.05) is 31.3 Å². The Labute approximate surface area is 285 Å². The highest BCUT2D eigenvalue weighted by Gasteiger charge is 2.44. The Balaban J connectivity index is 1.20. The lowest BCUT2D eigenvalue weighted by atomic mass is 10.00. The van der Waals surface area contributed by atoms with Crippen molar-refractivity contribution in [2.45, 2.75) is 116 Å². The number of hydrogen-bond donors (Lipinski definition) is 0. The first-order chi connectivity index (χ1) is 23.2. The molecule has 1 heterocycles. The average molecular weight is 654 g/mol. The molecule has 0 radical (unpaired) electrons. The van der Waals surface area contributed by atoms with Crippen LogP contribution in [-0.2, 0) is 9.53 Å². The molecule has 0 N–H and O–H groups in total. The maximum absolute atomic E-state index is 12.8. The van der Waals surface area contributed by atoms with E-state index >= 15 is 0 Å². The Morgan fingerprint density at radius 2 is 1.15 bits per heavy atom. The largest absolute Gasteiger partial charge is 0.466 e. The van der Waals surface area contributed by atoms with Crippen LogP contribution in [0, 0.1) is 0 Å². The minimum absolute atomic E-state index is 0.0676. The minimum atomic E-state index is -1.90. The maximum atomic E-state index is 12.8. The molecule has 1 aromatic heterocycles. The molecular formula is C42H58N2O2P+. The lowest BCUT2D eigenvalue weighted by Crippen LogP contribution is -2.33. The molecule has 0 bridgehead atoms. The summed E-state index contributed by atoms with van der Waals surface area (Å²) >= 11 is 0. The van der Waals surface area contributed by atoms with Crippen LogP contribution < -0.4 is 15.9 Å². The average Bonchev–Trinajstić information content (AvgIpc) is 3.66. The first-order valence-electron chi connectivity index (χ1n) is 18.4. The third kappa shape index (κ3) is 12.1. The number of carbonyl (C=O) groups is 1. The van der Waals surface area contributed by atoms with E-state index in [4.69, 9.17) is 4.74 Å². The quantitative estimate of drug-likeness (QED) is 0.0429. The van der Waals surface area contributed by atoms with Crippen molar-refractivity contribution in [2.75, 3.05) is 12.8 Å². The summed E-state index contributed by atoms with van der Waals surface area (Å²) in [7, 11) is -1.90. The number of unbranched alkanes of at least 4 members (excludes halogenated alkanes) is 10. The van der Waals surface area contributed by atoms with Gasteiger partial charge in [-0.15, -0.1) is 0 Å². The smallest absolute Gasteiger partial charge is 0.305 e. The monoisotopic (exact) mass is 653 g/mol. The summed E-state index contributed by atoms with van der Waals surface area (Å²) in [5.74, 6) is -0.0676. The number of esters is 1. The molecule has 1 atom stereocenters. The summed E-state index contributed by atoms with van der Waals surface area (Å²) in [5.41, 5.74) is 0. The van der Waals surface area contributed by atoms with Gasteiger partial charge in [0.05, 0.1) is 19.1 Å². The van der Waals surface area contributed by atoms with Crippen molar-refractivity contribution in [1.82, 2.24) is 9.55 Å². The van der Waals surface area contributed by atoms with Gasteiger partial charge in [-0.05, 0) is 55.7 Å². The minimum Gasteiger partial charge on any atom is -0.466 e. The van der Waals surface area contributed by atoms with E-state index in [-0.39, 0.29) is 5.97 Å². The third-order valence-electron chi connectivity index (χ3n) is 9.50. The Kier molecular flexibility index (Phi) is 16.8. The van der Waals surface area contributed by atoms with E-state index in [2.05, 4.69) is 114 Å². The zero-order chi connectivity index (χ0) is 32.8. The SMILES string of the molecule is CCCCCCCCCCCCC(CCCCC(=O)OCCC[P+](c1ccccc1)(c1ccccc1)c1ccccc1)n1ccnc1. The summed E-state index contributed by atoms with van der Waals surface area (Å²) in [5, 5.41) is 4.11. The predicted octanol–water partition coefficient (Wildman–Crippen LogP) is 10.2.